The first-order chi connectivity index (χ1) is 11.3. The summed E-state index contributed by atoms with van der Waals surface area (Å²) in [7, 11) is 2.11. The topological polar surface area (TPSA) is 55.2 Å². The number of aromatic amines is 1. The van der Waals surface area contributed by atoms with Crippen molar-refractivity contribution in [2.45, 2.75) is 13.0 Å². The largest absolute Gasteiger partial charge is 0.361 e. The summed E-state index contributed by atoms with van der Waals surface area (Å²) in [6.45, 7) is 1.92. The lowest BCUT2D eigenvalue weighted by Gasteiger charge is -2.21. The third kappa shape index (κ3) is 2.46. The molecule has 5 heteroatoms. The number of likely N-dealkylation sites (N-methyl/N-ethyl adjacent to an activating group) is 1. The van der Waals surface area contributed by atoms with Gasteiger partial charge in [0.05, 0.1) is 5.56 Å². The van der Waals surface area contributed by atoms with Crippen molar-refractivity contribution in [3.63, 3.8) is 0 Å². The highest BCUT2D eigenvalue weighted by Gasteiger charge is 2.22. The van der Waals surface area contributed by atoms with Gasteiger partial charge in [-0.3, -0.25) is 0 Å². The first-order valence-corrected chi connectivity index (χ1v) is 8.41. The molecule has 23 heavy (non-hydrogen) atoms. The molecule has 0 bridgehead atoms. The first kappa shape index (κ1) is 14.2. The van der Waals surface area contributed by atoms with Gasteiger partial charge in [0.2, 0.25) is 0 Å². The van der Waals surface area contributed by atoms with Crippen molar-refractivity contribution in [1.82, 2.24) is 9.88 Å². The molecule has 1 aromatic carbocycles. The van der Waals surface area contributed by atoms with E-state index in [1.165, 1.54) is 10.4 Å². The van der Waals surface area contributed by atoms with Gasteiger partial charge in [-0.25, -0.2) is 4.99 Å². The van der Waals surface area contributed by atoms with E-state index in [1.807, 2.05) is 30.6 Å². The van der Waals surface area contributed by atoms with Crippen molar-refractivity contribution >= 4 is 33.5 Å². The summed E-state index contributed by atoms with van der Waals surface area (Å²) in [6, 6.07) is 10.5. The number of thiophene rings is 1. The average molecular weight is 320 g/mol. The van der Waals surface area contributed by atoms with E-state index in [2.05, 4.69) is 34.1 Å². The normalized spacial score (nSPS) is 15.1. The Morgan fingerprint density at radius 2 is 2.26 bits per heavy atom. The van der Waals surface area contributed by atoms with Crippen molar-refractivity contribution < 1.29 is 0 Å². The van der Waals surface area contributed by atoms with Crippen molar-refractivity contribution in [1.29, 1.82) is 5.26 Å². The highest BCUT2D eigenvalue weighted by Crippen LogP contribution is 2.38. The number of fused-ring (bicyclic) bond motifs is 2. The van der Waals surface area contributed by atoms with E-state index in [1.54, 1.807) is 11.3 Å². The number of aliphatic imine (C=N–C) groups is 1. The lowest BCUT2D eigenvalue weighted by molar-refractivity contribution is 0.317. The summed E-state index contributed by atoms with van der Waals surface area (Å²) in [6.07, 6.45) is 4.76. The van der Waals surface area contributed by atoms with Gasteiger partial charge in [0.15, 0.2) is 0 Å². The van der Waals surface area contributed by atoms with Crippen LogP contribution in [0.4, 0.5) is 5.00 Å². The average Bonchev–Trinajstić information content (AvgIpc) is 3.13. The fourth-order valence-corrected chi connectivity index (χ4v) is 4.27. The molecule has 0 atom stereocenters. The second-order valence-electron chi connectivity index (χ2n) is 5.83. The standard InChI is InChI=1S/C18H16N4S/c1-22-7-6-14-15(8-19)18(23-17(14)11-22)21-10-12-9-20-16-5-3-2-4-13(12)16/h2-5,9-10,20H,6-7,11H2,1H3/b21-10+. The fraction of sp³-hybridized carbons (Fsp3) is 0.222. The van der Waals surface area contributed by atoms with Gasteiger partial charge in [0, 0.05) is 46.8 Å². The zero-order valence-corrected chi connectivity index (χ0v) is 13.7. The molecule has 114 valence electrons. The van der Waals surface area contributed by atoms with Gasteiger partial charge in [-0.2, -0.15) is 5.26 Å². The Hall–Kier alpha value is -2.42. The van der Waals surface area contributed by atoms with E-state index in [0.29, 0.717) is 0 Å². The number of nitriles is 1. The number of benzene rings is 1. The minimum absolute atomic E-state index is 0.759. The molecule has 0 spiro atoms. The number of para-hydroxylation sites is 1. The summed E-state index contributed by atoms with van der Waals surface area (Å²) in [5.74, 6) is 0. The molecule has 1 aliphatic heterocycles. The van der Waals surface area contributed by atoms with E-state index in [-0.39, 0.29) is 0 Å². The van der Waals surface area contributed by atoms with E-state index in [4.69, 9.17) is 0 Å². The van der Waals surface area contributed by atoms with Crippen LogP contribution < -0.4 is 0 Å². The number of rotatable bonds is 2. The lowest BCUT2D eigenvalue weighted by atomic mass is 10.0. The quantitative estimate of drug-likeness (QED) is 0.729. The SMILES string of the molecule is CN1CCc2c(sc(/N=C/c3c[nH]c4ccccc34)c2C#N)C1. The van der Waals surface area contributed by atoms with Crippen LogP contribution in [0.2, 0.25) is 0 Å². The number of hydrogen-bond donors (Lipinski definition) is 1. The Morgan fingerprint density at radius 3 is 3.13 bits per heavy atom. The highest BCUT2D eigenvalue weighted by molar-refractivity contribution is 7.16. The number of nitrogens with zero attached hydrogens (tertiary/aromatic N) is 3. The molecule has 4 rings (SSSR count). The molecule has 0 radical (unpaired) electrons. The molecule has 0 saturated carbocycles. The second kappa shape index (κ2) is 5.65. The summed E-state index contributed by atoms with van der Waals surface area (Å²) in [5.41, 5.74) is 4.10. The number of hydrogen-bond acceptors (Lipinski definition) is 4. The van der Waals surface area contributed by atoms with Crippen molar-refractivity contribution in [2.24, 2.45) is 4.99 Å². The van der Waals surface area contributed by atoms with Gasteiger partial charge in [0.1, 0.15) is 11.1 Å². The molecule has 1 aliphatic rings. The van der Waals surface area contributed by atoms with Crippen LogP contribution in [-0.4, -0.2) is 29.7 Å². The molecule has 3 aromatic rings. The van der Waals surface area contributed by atoms with Crippen LogP contribution in [0.1, 0.15) is 21.6 Å². The molecule has 0 aliphatic carbocycles. The maximum Gasteiger partial charge on any atom is 0.134 e. The summed E-state index contributed by atoms with van der Waals surface area (Å²) >= 11 is 1.65. The van der Waals surface area contributed by atoms with Gasteiger partial charge < -0.3 is 9.88 Å². The Morgan fingerprint density at radius 1 is 1.39 bits per heavy atom. The Balaban J connectivity index is 1.73. The van der Waals surface area contributed by atoms with Gasteiger partial charge in [-0.15, -0.1) is 11.3 Å². The molecule has 0 unspecified atom stereocenters. The third-order valence-corrected chi connectivity index (χ3v) is 5.41. The monoisotopic (exact) mass is 320 g/mol. The van der Waals surface area contributed by atoms with Crippen LogP contribution >= 0.6 is 11.3 Å². The second-order valence-corrected chi connectivity index (χ2v) is 6.91. The van der Waals surface area contributed by atoms with Crippen LogP contribution in [-0.2, 0) is 13.0 Å². The van der Waals surface area contributed by atoms with E-state index < -0.39 is 0 Å². The van der Waals surface area contributed by atoms with Gasteiger partial charge in [-0.05, 0) is 25.1 Å². The molecule has 2 aromatic heterocycles. The van der Waals surface area contributed by atoms with Crippen molar-refractivity contribution in [3.8, 4) is 6.07 Å². The van der Waals surface area contributed by atoms with Gasteiger partial charge in [-0.1, -0.05) is 18.2 Å². The highest BCUT2D eigenvalue weighted by atomic mass is 32.1. The number of nitrogens with one attached hydrogen (secondary N) is 1. The molecular weight excluding hydrogens is 304 g/mol. The Kier molecular flexibility index (Phi) is 3.49. The smallest absolute Gasteiger partial charge is 0.134 e. The third-order valence-electron chi connectivity index (χ3n) is 4.28. The molecular formula is C18H16N4S. The van der Waals surface area contributed by atoms with Crippen LogP contribution in [0.3, 0.4) is 0 Å². The maximum absolute atomic E-state index is 9.52. The van der Waals surface area contributed by atoms with Crippen molar-refractivity contribution in [2.75, 3.05) is 13.6 Å². The minimum atomic E-state index is 0.759. The molecule has 0 fully saturated rings. The van der Waals surface area contributed by atoms with Gasteiger partial charge >= 0.3 is 0 Å². The van der Waals surface area contributed by atoms with E-state index >= 15 is 0 Å². The summed E-state index contributed by atoms with van der Waals surface area (Å²) < 4.78 is 0. The van der Waals surface area contributed by atoms with Crippen LogP contribution in [0.15, 0.2) is 35.5 Å². The first-order valence-electron chi connectivity index (χ1n) is 7.59. The minimum Gasteiger partial charge on any atom is -0.361 e. The van der Waals surface area contributed by atoms with Gasteiger partial charge in [0.25, 0.3) is 0 Å². The molecule has 0 amide bonds. The zero-order valence-electron chi connectivity index (χ0n) is 12.8. The maximum atomic E-state index is 9.52. The molecule has 0 saturated heterocycles. The van der Waals surface area contributed by atoms with E-state index in [0.717, 1.165) is 46.5 Å². The van der Waals surface area contributed by atoms with Crippen LogP contribution in [0.5, 0.6) is 0 Å². The molecule has 3 heterocycles. The number of H-pyrrole nitrogens is 1. The van der Waals surface area contributed by atoms with E-state index in [9.17, 15) is 5.26 Å². The molecule has 4 nitrogen and oxygen atoms in total. The summed E-state index contributed by atoms with van der Waals surface area (Å²) in [4.78, 5) is 11.4. The fourth-order valence-electron chi connectivity index (χ4n) is 3.05. The Labute approximate surface area is 138 Å². The summed E-state index contributed by atoms with van der Waals surface area (Å²) in [5, 5.41) is 11.5. The molecule has 1 N–H and O–H groups in total. The predicted molar refractivity (Wildman–Crippen MR) is 94.6 cm³/mol. The van der Waals surface area contributed by atoms with Crippen molar-refractivity contribution in [3.05, 3.63) is 52.0 Å². The zero-order chi connectivity index (χ0) is 15.8. The lowest BCUT2D eigenvalue weighted by Crippen LogP contribution is -2.25. The Bertz CT molecular complexity index is 942. The number of aromatic nitrogens is 1. The van der Waals surface area contributed by atoms with Crippen LogP contribution in [0.25, 0.3) is 10.9 Å². The van der Waals surface area contributed by atoms with Crippen LogP contribution in [0, 0.1) is 11.3 Å². The predicted octanol–water partition coefficient (Wildman–Crippen LogP) is 3.84.